The highest BCUT2D eigenvalue weighted by Crippen LogP contribution is 2.50. The molecule has 0 unspecified atom stereocenters. The quantitative estimate of drug-likeness (QED) is 0.155. The van der Waals surface area contributed by atoms with Crippen molar-refractivity contribution >= 4 is 60.2 Å². The van der Waals surface area contributed by atoms with E-state index in [4.69, 9.17) is 0 Å². The lowest BCUT2D eigenvalue weighted by Gasteiger charge is -2.28. The minimum absolute atomic E-state index is 1.11. The summed E-state index contributed by atoms with van der Waals surface area (Å²) >= 11 is 0. The van der Waals surface area contributed by atoms with Crippen molar-refractivity contribution in [3.8, 4) is 33.4 Å². The van der Waals surface area contributed by atoms with E-state index < -0.39 is 0 Å². The van der Waals surface area contributed by atoms with Crippen LogP contribution in [0.2, 0.25) is 0 Å². The number of rotatable bonds is 6. The van der Waals surface area contributed by atoms with Gasteiger partial charge in [0.15, 0.2) is 0 Å². The highest BCUT2D eigenvalue weighted by atomic mass is 15.1. The van der Waals surface area contributed by atoms with E-state index in [-0.39, 0.29) is 0 Å². The second kappa shape index (κ2) is 13.1. The van der Waals surface area contributed by atoms with E-state index in [0.29, 0.717) is 0 Å². The Balaban J connectivity index is 1.29. The molecule has 10 aromatic carbocycles. The van der Waals surface area contributed by atoms with Gasteiger partial charge in [-0.2, -0.15) is 0 Å². The molecule has 0 spiro atoms. The number of hydrogen-bond donors (Lipinski definition) is 0. The van der Waals surface area contributed by atoms with Gasteiger partial charge in [0.2, 0.25) is 0 Å². The molecule has 0 heterocycles. The molecule has 0 atom stereocenters. The lowest BCUT2D eigenvalue weighted by atomic mass is 9.81. The Morgan fingerprint density at radius 1 is 0.357 bits per heavy atom. The van der Waals surface area contributed by atoms with E-state index in [1.165, 1.54) is 98.8 Å². The van der Waals surface area contributed by atoms with Gasteiger partial charge in [-0.1, -0.05) is 158 Å². The zero-order chi connectivity index (χ0) is 37.2. The summed E-state index contributed by atoms with van der Waals surface area (Å²) < 4.78 is 0. The zero-order valence-corrected chi connectivity index (χ0v) is 31.3. The molecular formula is C55H39N. The molecule has 0 saturated carbocycles. The molecule has 0 saturated heterocycles. The fraction of sp³-hybridized carbons (Fsp3) is 0.0545. The summed E-state index contributed by atoms with van der Waals surface area (Å²) in [5, 5.41) is 10.3. The first-order valence-corrected chi connectivity index (χ1v) is 19.7. The monoisotopic (exact) mass is 713 g/mol. The normalized spacial score (nSPS) is 12.2. The van der Waals surface area contributed by atoms with Crippen molar-refractivity contribution in [1.29, 1.82) is 0 Å². The Morgan fingerprint density at radius 2 is 0.946 bits per heavy atom. The van der Waals surface area contributed by atoms with Gasteiger partial charge in [0.05, 0.1) is 5.69 Å². The molecule has 0 aliphatic heterocycles. The molecule has 0 N–H and O–H groups in total. The molecule has 0 aromatic heterocycles. The molecule has 1 nitrogen and oxygen atoms in total. The summed E-state index contributed by atoms with van der Waals surface area (Å²) in [7, 11) is 0. The molecule has 1 aliphatic rings. The van der Waals surface area contributed by atoms with Crippen LogP contribution in [-0.4, -0.2) is 0 Å². The fourth-order valence-corrected chi connectivity index (χ4v) is 9.50. The van der Waals surface area contributed by atoms with Gasteiger partial charge in [-0.05, 0) is 144 Å². The third kappa shape index (κ3) is 5.16. The van der Waals surface area contributed by atoms with Crippen molar-refractivity contribution < 1.29 is 0 Å². The van der Waals surface area contributed by atoms with Gasteiger partial charge in [-0.3, -0.25) is 0 Å². The van der Waals surface area contributed by atoms with Crippen LogP contribution in [0.1, 0.15) is 16.7 Å². The Labute approximate surface area is 327 Å². The van der Waals surface area contributed by atoms with Gasteiger partial charge in [-0.15, -0.1) is 0 Å². The van der Waals surface area contributed by atoms with Crippen molar-refractivity contribution in [2.24, 2.45) is 0 Å². The van der Waals surface area contributed by atoms with Gasteiger partial charge < -0.3 is 4.90 Å². The molecule has 10 aromatic rings. The van der Waals surface area contributed by atoms with Crippen LogP contribution in [-0.2, 0) is 12.8 Å². The average molecular weight is 714 g/mol. The van der Waals surface area contributed by atoms with E-state index >= 15 is 0 Å². The van der Waals surface area contributed by atoms with Crippen LogP contribution in [0.25, 0.3) is 76.5 Å². The van der Waals surface area contributed by atoms with E-state index in [1.807, 2.05) is 0 Å². The molecule has 1 aliphatic carbocycles. The largest absolute Gasteiger partial charge is 0.310 e. The fourth-order valence-electron chi connectivity index (χ4n) is 9.50. The van der Waals surface area contributed by atoms with Crippen molar-refractivity contribution in [2.45, 2.75) is 19.8 Å². The molecule has 264 valence electrons. The van der Waals surface area contributed by atoms with Crippen LogP contribution in [0.4, 0.5) is 17.1 Å². The molecule has 0 bridgehead atoms. The minimum Gasteiger partial charge on any atom is -0.310 e. The second-order valence-electron chi connectivity index (χ2n) is 15.2. The van der Waals surface area contributed by atoms with E-state index in [0.717, 1.165) is 24.2 Å². The van der Waals surface area contributed by atoms with Crippen LogP contribution in [0.15, 0.2) is 194 Å². The predicted octanol–water partition coefficient (Wildman–Crippen LogP) is 15.2. The summed E-state index contributed by atoms with van der Waals surface area (Å²) in [5.74, 6) is 0. The molecule has 0 fully saturated rings. The van der Waals surface area contributed by atoms with E-state index in [1.54, 1.807) is 0 Å². The number of nitrogens with zero attached hydrogens (tertiary/aromatic N) is 1. The first-order valence-electron chi connectivity index (χ1n) is 19.7. The van der Waals surface area contributed by atoms with Crippen molar-refractivity contribution in [3.05, 3.63) is 211 Å². The number of aryl methyl sites for hydroxylation is 3. The summed E-state index contributed by atoms with van der Waals surface area (Å²) in [6, 6.07) is 72.1. The zero-order valence-electron chi connectivity index (χ0n) is 31.3. The maximum atomic E-state index is 2.49. The molecule has 1 heteroatoms. The SMILES string of the molecule is Cc1cccc(N(c2ccc3c(c2)c2ccccc2c2c(-c4ccccc4)cc(-c4ccccc4)c(-c4ccccc4)c32)c2ccc3c4c(cccc24)CC3)c1. The van der Waals surface area contributed by atoms with E-state index in [9.17, 15) is 0 Å². The Morgan fingerprint density at radius 3 is 1.68 bits per heavy atom. The smallest absolute Gasteiger partial charge is 0.0540 e. The third-order valence-electron chi connectivity index (χ3n) is 11.9. The van der Waals surface area contributed by atoms with E-state index in [2.05, 4.69) is 206 Å². The number of benzene rings is 10. The van der Waals surface area contributed by atoms with Crippen molar-refractivity contribution in [1.82, 2.24) is 0 Å². The first-order chi connectivity index (χ1) is 27.7. The van der Waals surface area contributed by atoms with Crippen LogP contribution < -0.4 is 4.90 Å². The topological polar surface area (TPSA) is 3.24 Å². The molecule has 0 amide bonds. The van der Waals surface area contributed by atoms with Gasteiger partial charge >= 0.3 is 0 Å². The highest BCUT2D eigenvalue weighted by molar-refractivity contribution is 6.33. The summed E-state index contributed by atoms with van der Waals surface area (Å²) in [6.07, 6.45) is 2.21. The number of fused-ring (bicyclic) bond motifs is 6. The average Bonchev–Trinajstić information content (AvgIpc) is 3.69. The molecule has 56 heavy (non-hydrogen) atoms. The lowest BCUT2D eigenvalue weighted by molar-refractivity contribution is 1.02. The predicted molar refractivity (Wildman–Crippen MR) is 240 cm³/mol. The summed E-state index contributed by atoms with van der Waals surface area (Å²) in [4.78, 5) is 2.49. The maximum Gasteiger partial charge on any atom is 0.0540 e. The molecule has 0 radical (unpaired) electrons. The Hall–Kier alpha value is -6.96. The van der Waals surface area contributed by atoms with Gasteiger partial charge in [0, 0.05) is 16.8 Å². The first kappa shape index (κ1) is 32.5. The Kier molecular flexibility index (Phi) is 7.60. The van der Waals surface area contributed by atoms with Crippen LogP contribution >= 0.6 is 0 Å². The Bertz CT molecular complexity index is 3120. The third-order valence-corrected chi connectivity index (χ3v) is 11.9. The van der Waals surface area contributed by atoms with Crippen molar-refractivity contribution in [3.63, 3.8) is 0 Å². The van der Waals surface area contributed by atoms with Gasteiger partial charge in [-0.25, -0.2) is 0 Å². The standard InChI is InChI=1S/C55H39N/c1-36-15-13-23-42(33-36)56(51-32-29-41-28-27-40-22-14-26-47(51)52(40)41)43-30-31-46-50(34-43)44-24-11-12-25-45(44)54-49(38-18-7-3-8-19-38)35-48(37-16-5-2-6-17-37)53(55(46)54)39-20-9-4-10-21-39/h2-26,29-35H,27-28H2,1H3. The molecule has 11 rings (SSSR count). The van der Waals surface area contributed by atoms with Crippen molar-refractivity contribution in [2.75, 3.05) is 4.90 Å². The lowest BCUT2D eigenvalue weighted by Crippen LogP contribution is -2.11. The van der Waals surface area contributed by atoms with Crippen LogP contribution in [0.5, 0.6) is 0 Å². The summed E-state index contributed by atoms with van der Waals surface area (Å²) in [5.41, 5.74) is 15.1. The second-order valence-corrected chi connectivity index (χ2v) is 15.2. The number of hydrogen-bond acceptors (Lipinski definition) is 1. The summed E-state index contributed by atoms with van der Waals surface area (Å²) in [6.45, 7) is 2.19. The van der Waals surface area contributed by atoms with Crippen LogP contribution in [0, 0.1) is 6.92 Å². The maximum absolute atomic E-state index is 2.49. The van der Waals surface area contributed by atoms with Gasteiger partial charge in [0.25, 0.3) is 0 Å². The highest BCUT2D eigenvalue weighted by Gasteiger charge is 2.24. The number of anilines is 3. The van der Waals surface area contributed by atoms with Crippen LogP contribution in [0.3, 0.4) is 0 Å². The minimum atomic E-state index is 1.11. The molecular weight excluding hydrogens is 675 g/mol. The van der Waals surface area contributed by atoms with Gasteiger partial charge in [0.1, 0.15) is 0 Å².